The van der Waals surface area contributed by atoms with E-state index in [0.717, 1.165) is 16.7 Å². The van der Waals surface area contributed by atoms with Crippen LogP contribution in [0.2, 0.25) is 0 Å². The molecule has 0 atom stereocenters. The number of aromatic nitrogens is 1. The fraction of sp³-hybridized carbons (Fsp3) is 0.143. The number of hydrogen-bond acceptors (Lipinski definition) is 7. The Morgan fingerprint density at radius 2 is 1.89 bits per heavy atom. The van der Waals surface area contributed by atoms with Crippen LogP contribution in [0.3, 0.4) is 0 Å². The Balaban J connectivity index is 1.57. The van der Waals surface area contributed by atoms with Gasteiger partial charge in [0.1, 0.15) is 0 Å². The van der Waals surface area contributed by atoms with Crippen LogP contribution in [-0.4, -0.2) is 23.8 Å². The maximum atomic E-state index is 11.5. The van der Waals surface area contributed by atoms with E-state index in [4.69, 9.17) is 10.00 Å². The van der Waals surface area contributed by atoms with Crippen molar-refractivity contribution in [3.8, 4) is 17.2 Å². The summed E-state index contributed by atoms with van der Waals surface area (Å²) in [5, 5.41) is 15.5. The zero-order chi connectivity index (χ0) is 19.8. The summed E-state index contributed by atoms with van der Waals surface area (Å²) in [7, 11) is 0. The lowest BCUT2D eigenvalue weighted by molar-refractivity contribution is -0.142. The molecule has 0 aliphatic heterocycles. The molecule has 0 amide bonds. The highest BCUT2D eigenvalue weighted by Gasteiger charge is 2.07. The van der Waals surface area contributed by atoms with Crippen LogP contribution in [0.5, 0.6) is 0 Å². The van der Waals surface area contributed by atoms with Crippen molar-refractivity contribution in [2.24, 2.45) is 5.10 Å². The van der Waals surface area contributed by atoms with Crippen LogP contribution in [-0.2, 0) is 16.0 Å². The Morgan fingerprint density at radius 1 is 1.21 bits per heavy atom. The quantitative estimate of drug-likeness (QED) is 0.370. The van der Waals surface area contributed by atoms with E-state index in [1.54, 1.807) is 30.7 Å². The van der Waals surface area contributed by atoms with Gasteiger partial charge in [0.2, 0.25) is 5.13 Å². The smallest absolute Gasteiger partial charge is 0.311 e. The van der Waals surface area contributed by atoms with Crippen LogP contribution in [0, 0.1) is 11.3 Å². The van der Waals surface area contributed by atoms with Gasteiger partial charge >= 0.3 is 5.97 Å². The summed E-state index contributed by atoms with van der Waals surface area (Å²) in [5.41, 5.74) is 7.24. The fourth-order valence-corrected chi connectivity index (χ4v) is 3.12. The van der Waals surface area contributed by atoms with Gasteiger partial charge in [0.15, 0.2) is 0 Å². The van der Waals surface area contributed by atoms with Gasteiger partial charge in [-0.1, -0.05) is 36.4 Å². The summed E-state index contributed by atoms with van der Waals surface area (Å²) in [4.78, 5) is 15.8. The first-order valence-corrected chi connectivity index (χ1v) is 9.55. The van der Waals surface area contributed by atoms with Crippen LogP contribution in [0.15, 0.2) is 59.0 Å². The van der Waals surface area contributed by atoms with Crippen molar-refractivity contribution in [1.82, 2.24) is 4.98 Å². The average molecular weight is 390 g/mol. The molecule has 1 N–H and O–H groups in total. The number of rotatable bonds is 7. The maximum absolute atomic E-state index is 11.5. The van der Waals surface area contributed by atoms with E-state index in [9.17, 15) is 4.79 Å². The Labute approximate surface area is 167 Å². The second-order valence-corrected chi connectivity index (χ2v) is 6.67. The molecule has 1 aromatic heterocycles. The highest BCUT2D eigenvalue weighted by Crippen LogP contribution is 2.20. The van der Waals surface area contributed by atoms with E-state index in [1.165, 1.54) is 11.3 Å². The largest absolute Gasteiger partial charge is 0.466 e. The van der Waals surface area contributed by atoms with Crippen LogP contribution in [0.4, 0.5) is 5.13 Å². The summed E-state index contributed by atoms with van der Waals surface area (Å²) in [6.07, 6.45) is 1.86. The number of benzene rings is 2. The van der Waals surface area contributed by atoms with Crippen LogP contribution in [0.1, 0.15) is 23.7 Å². The molecule has 140 valence electrons. The Hall–Kier alpha value is -3.50. The molecule has 3 rings (SSSR count). The molecule has 0 radical (unpaired) electrons. The minimum Gasteiger partial charge on any atom is -0.466 e. The summed E-state index contributed by atoms with van der Waals surface area (Å²) in [5.74, 6) is -0.287. The van der Waals surface area contributed by atoms with Crippen LogP contribution >= 0.6 is 11.3 Å². The number of ether oxygens (including phenoxy) is 1. The third-order valence-electron chi connectivity index (χ3n) is 3.81. The van der Waals surface area contributed by atoms with Crippen molar-refractivity contribution in [3.05, 3.63) is 70.7 Å². The van der Waals surface area contributed by atoms with Crippen molar-refractivity contribution < 1.29 is 9.53 Å². The predicted octanol–water partition coefficient (Wildman–Crippen LogP) is 4.23. The zero-order valence-electron chi connectivity index (χ0n) is 15.3. The number of nitrogens with zero attached hydrogens (tertiary/aromatic N) is 3. The number of thiazole rings is 1. The number of hydrogen-bond donors (Lipinski definition) is 1. The number of carbonyl (C=O) groups excluding carboxylic acids is 1. The summed E-state index contributed by atoms with van der Waals surface area (Å²) in [6, 6.07) is 17.5. The van der Waals surface area contributed by atoms with Gasteiger partial charge in [-0.3, -0.25) is 10.2 Å². The summed E-state index contributed by atoms with van der Waals surface area (Å²) in [6.45, 7) is 2.14. The Kier molecular flexibility index (Phi) is 6.50. The molecule has 0 saturated carbocycles. The minimum atomic E-state index is -0.287. The monoisotopic (exact) mass is 390 g/mol. The van der Waals surface area contributed by atoms with Crippen LogP contribution in [0.25, 0.3) is 11.1 Å². The van der Waals surface area contributed by atoms with E-state index in [2.05, 4.69) is 21.6 Å². The first-order valence-electron chi connectivity index (χ1n) is 8.67. The van der Waals surface area contributed by atoms with Gasteiger partial charge in [0.25, 0.3) is 0 Å². The van der Waals surface area contributed by atoms with Gasteiger partial charge in [-0.2, -0.15) is 10.4 Å². The molecule has 0 spiro atoms. The lowest BCUT2D eigenvalue weighted by Crippen LogP contribution is -2.07. The third kappa shape index (κ3) is 5.25. The maximum Gasteiger partial charge on any atom is 0.311 e. The molecule has 0 aliphatic carbocycles. The van der Waals surface area contributed by atoms with Gasteiger partial charge in [0.05, 0.1) is 36.6 Å². The first kappa shape index (κ1) is 19.3. The van der Waals surface area contributed by atoms with Crippen molar-refractivity contribution >= 4 is 28.7 Å². The molecule has 3 aromatic rings. The lowest BCUT2D eigenvalue weighted by Gasteiger charge is -2.02. The number of hydrazone groups is 1. The van der Waals surface area contributed by atoms with Crippen molar-refractivity contribution in [2.75, 3.05) is 12.0 Å². The van der Waals surface area contributed by atoms with Gasteiger partial charge < -0.3 is 4.74 Å². The van der Waals surface area contributed by atoms with E-state index < -0.39 is 0 Å². The number of nitrogens with one attached hydrogen (secondary N) is 1. The van der Waals surface area contributed by atoms with E-state index >= 15 is 0 Å². The van der Waals surface area contributed by atoms with Gasteiger partial charge in [-0.15, -0.1) is 11.3 Å². The van der Waals surface area contributed by atoms with E-state index in [-0.39, 0.29) is 12.4 Å². The minimum absolute atomic E-state index is 0.159. The standard InChI is InChI=1S/C21H18N4O2S/c1-2-27-20(26)11-19-14-28-21(24-19)25-23-13-16-5-9-18(10-6-16)17-7-3-15(12-22)4-8-17/h3-10,13-14H,2,11H2,1H3,(H,24,25). The SMILES string of the molecule is CCOC(=O)Cc1csc(NN=Cc2ccc(-c3ccc(C#N)cc3)cc2)n1. The lowest BCUT2D eigenvalue weighted by atomic mass is 10.0. The molecule has 1 heterocycles. The van der Waals surface area contributed by atoms with Crippen molar-refractivity contribution in [2.45, 2.75) is 13.3 Å². The van der Waals surface area contributed by atoms with E-state index in [0.29, 0.717) is 23.0 Å². The Morgan fingerprint density at radius 3 is 2.54 bits per heavy atom. The third-order valence-corrected chi connectivity index (χ3v) is 4.61. The number of carbonyl (C=O) groups is 1. The molecular formula is C21H18N4O2S. The number of anilines is 1. The van der Waals surface area contributed by atoms with Crippen LogP contribution < -0.4 is 5.43 Å². The molecule has 6 nitrogen and oxygen atoms in total. The molecule has 0 bridgehead atoms. The normalized spacial score (nSPS) is 10.6. The average Bonchev–Trinajstić information content (AvgIpc) is 3.16. The molecule has 2 aromatic carbocycles. The molecule has 28 heavy (non-hydrogen) atoms. The van der Waals surface area contributed by atoms with Gasteiger partial charge in [0, 0.05) is 5.38 Å². The van der Waals surface area contributed by atoms with Crippen molar-refractivity contribution in [1.29, 1.82) is 5.26 Å². The zero-order valence-corrected chi connectivity index (χ0v) is 16.1. The molecule has 0 unspecified atom stereocenters. The topological polar surface area (TPSA) is 87.4 Å². The number of nitriles is 1. The second-order valence-electron chi connectivity index (χ2n) is 5.81. The fourth-order valence-electron chi connectivity index (χ4n) is 2.46. The number of esters is 1. The van der Waals surface area contributed by atoms with Gasteiger partial charge in [-0.25, -0.2) is 4.98 Å². The first-order chi connectivity index (χ1) is 13.7. The van der Waals surface area contributed by atoms with Gasteiger partial charge in [-0.05, 0) is 35.7 Å². The summed E-state index contributed by atoms with van der Waals surface area (Å²) >= 11 is 1.38. The Bertz CT molecular complexity index is 1000. The highest BCUT2D eigenvalue weighted by atomic mass is 32.1. The second kappa shape index (κ2) is 9.44. The molecule has 0 aliphatic rings. The summed E-state index contributed by atoms with van der Waals surface area (Å²) < 4.78 is 4.91. The van der Waals surface area contributed by atoms with Crippen molar-refractivity contribution in [3.63, 3.8) is 0 Å². The molecule has 7 heteroatoms. The molecule has 0 saturated heterocycles. The predicted molar refractivity (Wildman–Crippen MR) is 110 cm³/mol. The highest BCUT2D eigenvalue weighted by molar-refractivity contribution is 7.13. The molecule has 0 fully saturated rings. The van der Waals surface area contributed by atoms with E-state index in [1.807, 2.05) is 36.4 Å². The molecular weight excluding hydrogens is 372 g/mol.